The number of carboxylic acid groups (broad SMARTS) is 1. The summed E-state index contributed by atoms with van der Waals surface area (Å²) >= 11 is 6.24. The van der Waals surface area contributed by atoms with Gasteiger partial charge in [0.05, 0.1) is 23.3 Å². The Kier molecular flexibility index (Phi) is 4.72. The van der Waals surface area contributed by atoms with E-state index in [0.29, 0.717) is 11.5 Å². The summed E-state index contributed by atoms with van der Waals surface area (Å²) in [6, 6.07) is 8.89. The van der Waals surface area contributed by atoms with Crippen LogP contribution in [-0.4, -0.2) is 28.2 Å². The number of aromatic carboxylic acids is 1. The molecular weight excluding hydrogens is 342 g/mol. The predicted octanol–water partition coefficient (Wildman–Crippen LogP) is 4.30. The van der Waals surface area contributed by atoms with Crippen molar-refractivity contribution in [3.05, 3.63) is 52.8 Å². The van der Waals surface area contributed by atoms with Gasteiger partial charge < -0.3 is 15.2 Å². The Morgan fingerprint density at radius 1 is 1.28 bits per heavy atom. The molecule has 0 unspecified atom stereocenters. The minimum atomic E-state index is -1.11. The van der Waals surface area contributed by atoms with Crippen molar-refractivity contribution in [2.75, 3.05) is 12.4 Å². The maximum Gasteiger partial charge on any atom is 0.339 e. The molecule has 25 heavy (non-hydrogen) atoms. The molecule has 0 aliphatic rings. The second kappa shape index (κ2) is 6.94. The lowest BCUT2D eigenvalue weighted by atomic mass is 10.1. The molecule has 0 spiro atoms. The van der Waals surface area contributed by atoms with Gasteiger partial charge in [-0.3, -0.25) is 0 Å². The molecule has 2 aromatic carbocycles. The third-order valence-corrected chi connectivity index (χ3v) is 4.19. The van der Waals surface area contributed by atoms with Gasteiger partial charge in [0.1, 0.15) is 23.5 Å². The summed E-state index contributed by atoms with van der Waals surface area (Å²) in [4.78, 5) is 19.8. The number of benzene rings is 2. The second-order valence-corrected chi connectivity index (χ2v) is 5.80. The highest BCUT2D eigenvalue weighted by Crippen LogP contribution is 2.34. The third kappa shape index (κ3) is 3.34. The molecule has 0 saturated heterocycles. The van der Waals surface area contributed by atoms with E-state index in [-0.39, 0.29) is 16.3 Å². The van der Waals surface area contributed by atoms with Crippen LogP contribution in [0.5, 0.6) is 5.75 Å². The lowest BCUT2D eigenvalue weighted by Crippen LogP contribution is -2.03. The average Bonchev–Trinajstić information content (AvgIpc) is 2.62. The Balaban J connectivity index is 2.08. The summed E-state index contributed by atoms with van der Waals surface area (Å²) in [6.07, 6.45) is 2.36. The molecule has 3 rings (SSSR count). The number of hydrogen-bond donors (Lipinski definition) is 2. The molecule has 0 fully saturated rings. The fraction of sp³-hybridized carbons (Fsp3) is 0.167. The van der Waals surface area contributed by atoms with E-state index in [4.69, 9.17) is 16.3 Å². The van der Waals surface area contributed by atoms with Crippen LogP contribution < -0.4 is 10.1 Å². The molecule has 0 aliphatic heterocycles. The zero-order chi connectivity index (χ0) is 18.0. The SMILES string of the molecule is CCc1ccc2ncnc(Nc3cc(OC)c(C(=O)O)cc3Cl)c2c1. The van der Waals surface area contributed by atoms with Gasteiger partial charge in [-0.05, 0) is 30.2 Å². The number of nitrogens with zero attached hydrogens (tertiary/aromatic N) is 2. The van der Waals surface area contributed by atoms with Gasteiger partial charge in [0.25, 0.3) is 0 Å². The minimum absolute atomic E-state index is 0.00105. The summed E-state index contributed by atoms with van der Waals surface area (Å²) < 4.78 is 5.15. The van der Waals surface area contributed by atoms with Crippen LogP contribution in [0.25, 0.3) is 10.9 Å². The monoisotopic (exact) mass is 357 g/mol. The van der Waals surface area contributed by atoms with Gasteiger partial charge in [-0.15, -0.1) is 0 Å². The number of nitrogens with one attached hydrogen (secondary N) is 1. The third-order valence-electron chi connectivity index (χ3n) is 3.88. The number of halogens is 1. The Labute approximate surface area is 149 Å². The molecule has 3 aromatic rings. The van der Waals surface area contributed by atoms with E-state index in [9.17, 15) is 9.90 Å². The number of rotatable bonds is 5. The molecule has 2 N–H and O–H groups in total. The van der Waals surface area contributed by atoms with Gasteiger partial charge >= 0.3 is 5.97 Å². The molecule has 1 heterocycles. The maximum absolute atomic E-state index is 11.3. The number of hydrogen-bond acceptors (Lipinski definition) is 5. The summed E-state index contributed by atoms with van der Waals surface area (Å²) in [5.74, 6) is -0.301. The van der Waals surface area contributed by atoms with Crippen LogP contribution in [0.3, 0.4) is 0 Å². The number of anilines is 2. The smallest absolute Gasteiger partial charge is 0.339 e. The van der Waals surface area contributed by atoms with Crippen molar-refractivity contribution in [1.29, 1.82) is 0 Å². The first-order chi connectivity index (χ1) is 12.0. The number of fused-ring (bicyclic) bond motifs is 1. The molecule has 1 aromatic heterocycles. The first kappa shape index (κ1) is 17.0. The lowest BCUT2D eigenvalue weighted by molar-refractivity contribution is 0.0693. The van der Waals surface area contributed by atoms with Crippen molar-refractivity contribution in [2.24, 2.45) is 0 Å². The van der Waals surface area contributed by atoms with Gasteiger partial charge in [-0.2, -0.15) is 0 Å². The molecular formula is C18H16ClN3O3. The van der Waals surface area contributed by atoms with Gasteiger partial charge in [0.2, 0.25) is 0 Å². The minimum Gasteiger partial charge on any atom is -0.496 e. The van der Waals surface area contributed by atoms with Crippen molar-refractivity contribution in [3.8, 4) is 5.75 Å². The zero-order valence-corrected chi connectivity index (χ0v) is 14.5. The Morgan fingerprint density at radius 2 is 2.08 bits per heavy atom. The maximum atomic E-state index is 11.3. The van der Waals surface area contributed by atoms with E-state index in [1.165, 1.54) is 19.5 Å². The largest absolute Gasteiger partial charge is 0.496 e. The number of methoxy groups -OCH3 is 1. The number of aryl methyl sites for hydroxylation is 1. The van der Waals surface area contributed by atoms with Crippen molar-refractivity contribution >= 4 is 40.0 Å². The molecule has 0 atom stereocenters. The van der Waals surface area contributed by atoms with Gasteiger partial charge in [0.15, 0.2) is 0 Å². The van der Waals surface area contributed by atoms with Gasteiger partial charge in [-0.1, -0.05) is 24.6 Å². The van der Waals surface area contributed by atoms with Crippen LogP contribution in [0.4, 0.5) is 11.5 Å². The van der Waals surface area contributed by atoms with Crippen molar-refractivity contribution in [3.63, 3.8) is 0 Å². The summed E-state index contributed by atoms with van der Waals surface area (Å²) in [5, 5.41) is 13.5. The first-order valence-corrected chi connectivity index (χ1v) is 8.02. The van der Waals surface area contributed by atoms with E-state index >= 15 is 0 Å². The molecule has 0 bridgehead atoms. The molecule has 0 saturated carbocycles. The molecule has 6 nitrogen and oxygen atoms in total. The Morgan fingerprint density at radius 3 is 2.76 bits per heavy atom. The van der Waals surface area contributed by atoms with E-state index < -0.39 is 5.97 Å². The number of ether oxygens (including phenoxy) is 1. The van der Waals surface area contributed by atoms with Gasteiger partial charge in [0, 0.05) is 11.5 Å². The zero-order valence-electron chi connectivity index (χ0n) is 13.7. The van der Waals surface area contributed by atoms with Crippen molar-refractivity contribution < 1.29 is 14.6 Å². The molecule has 0 amide bonds. The summed E-state index contributed by atoms with van der Waals surface area (Å²) in [6.45, 7) is 2.07. The van der Waals surface area contributed by atoms with Crippen LogP contribution in [0.15, 0.2) is 36.7 Å². The highest BCUT2D eigenvalue weighted by atomic mass is 35.5. The lowest BCUT2D eigenvalue weighted by Gasteiger charge is -2.13. The van der Waals surface area contributed by atoms with Crippen molar-refractivity contribution in [2.45, 2.75) is 13.3 Å². The molecule has 7 heteroatoms. The van der Waals surface area contributed by atoms with Crippen molar-refractivity contribution in [1.82, 2.24) is 9.97 Å². The number of carboxylic acids is 1. The fourth-order valence-electron chi connectivity index (χ4n) is 2.54. The molecule has 128 valence electrons. The van der Waals surface area contributed by atoms with Crippen LogP contribution in [0.2, 0.25) is 5.02 Å². The van der Waals surface area contributed by atoms with Gasteiger partial charge in [-0.25, -0.2) is 14.8 Å². The second-order valence-electron chi connectivity index (χ2n) is 5.39. The molecule has 0 aliphatic carbocycles. The quantitative estimate of drug-likeness (QED) is 0.708. The Hall–Kier alpha value is -2.86. The standard InChI is InChI=1S/C18H16ClN3O3/c1-3-10-4-5-14-11(6-10)17(21-9-20-14)22-15-8-16(25-2)12(18(23)24)7-13(15)19/h4-9H,3H2,1-2H3,(H,23,24)(H,20,21,22). The molecule has 0 radical (unpaired) electrons. The van der Waals surface area contributed by atoms with E-state index in [1.807, 2.05) is 18.2 Å². The van der Waals surface area contributed by atoms with Crippen LogP contribution in [0, 0.1) is 0 Å². The van der Waals surface area contributed by atoms with Crippen LogP contribution in [-0.2, 0) is 6.42 Å². The average molecular weight is 358 g/mol. The summed E-state index contributed by atoms with van der Waals surface area (Å²) in [5.41, 5.74) is 2.47. The van der Waals surface area contributed by atoms with E-state index in [2.05, 4.69) is 22.2 Å². The van der Waals surface area contributed by atoms with Crippen LogP contribution in [0.1, 0.15) is 22.8 Å². The predicted molar refractivity (Wildman–Crippen MR) is 97.2 cm³/mol. The topological polar surface area (TPSA) is 84.3 Å². The summed E-state index contributed by atoms with van der Waals surface area (Å²) in [7, 11) is 1.41. The number of aromatic nitrogens is 2. The Bertz CT molecular complexity index is 960. The number of carbonyl (C=O) groups is 1. The normalized spacial score (nSPS) is 10.7. The highest BCUT2D eigenvalue weighted by molar-refractivity contribution is 6.34. The fourth-order valence-corrected chi connectivity index (χ4v) is 2.75. The first-order valence-electron chi connectivity index (χ1n) is 7.65. The highest BCUT2D eigenvalue weighted by Gasteiger charge is 2.16. The van der Waals surface area contributed by atoms with E-state index in [0.717, 1.165) is 22.9 Å². The van der Waals surface area contributed by atoms with E-state index in [1.54, 1.807) is 6.07 Å². The van der Waals surface area contributed by atoms with Crippen LogP contribution >= 0.6 is 11.6 Å².